The zero-order valence-electron chi connectivity index (χ0n) is 15.2. The number of hydrogen-bond donors (Lipinski definition) is 0. The van der Waals surface area contributed by atoms with Crippen LogP contribution in [0.5, 0.6) is 5.88 Å². The molecule has 4 rings (SSSR count). The average molecular weight is 394 g/mol. The smallest absolute Gasteiger partial charge is 0.451 e. The van der Waals surface area contributed by atoms with Gasteiger partial charge in [-0.1, -0.05) is 0 Å². The number of nitrogens with zero attached hydrogens (tertiary/aromatic N) is 8. The Kier molecular flexibility index (Phi) is 4.40. The highest BCUT2D eigenvalue weighted by molar-refractivity contribution is 5.86. The third-order valence-electron chi connectivity index (χ3n) is 4.56. The summed E-state index contributed by atoms with van der Waals surface area (Å²) in [5.41, 5.74) is 0.725. The van der Waals surface area contributed by atoms with Gasteiger partial charge in [0.05, 0.1) is 18.7 Å². The molecule has 0 spiro atoms. The van der Waals surface area contributed by atoms with E-state index in [9.17, 15) is 13.2 Å². The van der Waals surface area contributed by atoms with Gasteiger partial charge in [-0.3, -0.25) is 4.68 Å². The van der Waals surface area contributed by atoms with E-state index in [4.69, 9.17) is 4.74 Å². The number of anilines is 2. The highest BCUT2D eigenvalue weighted by Crippen LogP contribution is 2.30. The van der Waals surface area contributed by atoms with Crippen LogP contribution in [0.2, 0.25) is 0 Å². The van der Waals surface area contributed by atoms with Crippen molar-refractivity contribution in [3.05, 3.63) is 24.4 Å². The highest BCUT2D eigenvalue weighted by atomic mass is 19.4. The van der Waals surface area contributed by atoms with Crippen LogP contribution in [0, 0.1) is 0 Å². The molecule has 0 unspecified atom stereocenters. The van der Waals surface area contributed by atoms with Gasteiger partial charge < -0.3 is 14.5 Å². The van der Waals surface area contributed by atoms with Crippen LogP contribution < -0.4 is 14.5 Å². The van der Waals surface area contributed by atoms with E-state index < -0.39 is 12.0 Å². The van der Waals surface area contributed by atoms with E-state index in [1.165, 1.54) is 19.5 Å². The number of ether oxygens (including phenoxy) is 1. The van der Waals surface area contributed by atoms with Gasteiger partial charge in [0.15, 0.2) is 5.65 Å². The van der Waals surface area contributed by atoms with Crippen molar-refractivity contribution in [1.29, 1.82) is 0 Å². The van der Waals surface area contributed by atoms with Crippen LogP contribution in [0.15, 0.2) is 18.6 Å². The molecule has 1 aliphatic heterocycles. The van der Waals surface area contributed by atoms with Crippen molar-refractivity contribution in [1.82, 2.24) is 29.7 Å². The van der Waals surface area contributed by atoms with Gasteiger partial charge in [0.1, 0.15) is 18.0 Å². The van der Waals surface area contributed by atoms with Crippen molar-refractivity contribution in [2.24, 2.45) is 7.05 Å². The second-order valence-corrected chi connectivity index (χ2v) is 6.27. The Hall–Kier alpha value is -3.18. The summed E-state index contributed by atoms with van der Waals surface area (Å²) in [7, 11) is 3.08. The van der Waals surface area contributed by atoms with E-state index in [1.807, 2.05) is 0 Å². The molecule has 148 valence electrons. The fraction of sp³-hybridized carbons (Fsp3) is 0.438. The summed E-state index contributed by atoms with van der Waals surface area (Å²) in [5.74, 6) is -0.383. The summed E-state index contributed by atoms with van der Waals surface area (Å²) >= 11 is 0. The molecular formula is C16H17F3N8O. The standard InChI is InChI=1S/C16H17F3N8O/c1-25-13-10(8-22-25)14(21-9-20-13)27-5-3-26(4-6-27)11-7-12(28-2)24-15(23-11)16(17,18)19/h7-9H,3-6H2,1-2H3. The Morgan fingerprint density at radius 1 is 1.04 bits per heavy atom. The third-order valence-corrected chi connectivity index (χ3v) is 4.56. The van der Waals surface area contributed by atoms with Crippen molar-refractivity contribution < 1.29 is 17.9 Å². The number of halogens is 3. The minimum atomic E-state index is -4.64. The monoisotopic (exact) mass is 394 g/mol. The number of alkyl halides is 3. The quantitative estimate of drug-likeness (QED) is 0.661. The maximum atomic E-state index is 13.1. The molecule has 1 fully saturated rings. The van der Waals surface area contributed by atoms with Gasteiger partial charge in [0.2, 0.25) is 11.7 Å². The van der Waals surface area contributed by atoms with Gasteiger partial charge in [-0.2, -0.15) is 23.3 Å². The second-order valence-electron chi connectivity index (χ2n) is 6.27. The highest BCUT2D eigenvalue weighted by Gasteiger charge is 2.36. The predicted octanol–water partition coefficient (Wildman–Crippen LogP) is 1.51. The molecule has 0 N–H and O–H groups in total. The zero-order valence-corrected chi connectivity index (χ0v) is 15.2. The molecule has 0 atom stereocenters. The molecule has 0 bridgehead atoms. The van der Waals surface area contributed by atoms with Crippen LogP contribution in [-0.2, 0) is 13.2 Å². The van der Waals surface area contributed by atoms with Crippen molar-refractivity contribution in [2.45, 2.75) is 6.18 Å². The summed E-state index contributed by atoms with van der Waals surface area (Å²) in [5, 5.41) is 5.04. The number of rotatable bonds is 3. The third kappa shape index (κ3) is 3.25. The molecular weight excluding hydrogens is 377 g/mol. The van der Waals surface area contributed by atoms with Crippen LogP contribution in [0.3, 0.4) is 0 Å². The minimum absolute atomic E-state index is 0.118. The summed E-state index contributed by atoms with van der Waals surface area (Å²) < 4.78 is 45.7. The lowest BCUT2D eigenvalue weighted by molar-refractivity contribution is -0.145. The number of methoxy groups -OCH3 is 1. The first-order valence-electron chi connectivity index (χ1n) is 8.49. The van der Waals surface area contributed by atoms with E-state index >= 15 is 0 Å². The molecule has 1 saturated heterocycles. The number of fused-ring (bicyclic) bond motifs is 1. The largest absolute Gasteiger partial charge is 0.481 e. The lowest BCUT2D eigenvalue weighted by Gasteiger charge is -2.36. The molecule has 0 aromatic carbocycles. The molecule has 4 heterocycles. The van der Waals surface area contributed by atoms with Crippen molar-refractivity contribution in [3.8, 4) is 5.88 Å². The Morgan fingerprint density at radius 2 is 1.75 bits per heavy atom. The SMILES string of the molecule is COc1cc(N2CCN(c3ncnc4c3cnn4C)CC2)nc(C(F)(F)F)n1. The molecule has 0 aliphatic carbocycles. The predicted molar refractivity (Wildman–Crippen MR) is 94.3 cm³/mol. The number of piperazine rings is 1. The van der Waals surface area contributed by atoms with Crippen LogP contribution in [0.1, 0.15) is 5.82 Å². The lowest BCUT2D eigenvalue weighted by Crippen LogP contribution is -2.47. The molecule has 0 amide bonds. The van der Waals surface area contributed by atoms with Gasteiger partial charge in [0.25, 0.3) is 0 Å². The fourth-order valence-corrected chi connectivity index (χ4v) is 3.16. The normalized spacial score (nSPS) is 15.3. The van der Waals surface area contributed by atoms with Crippen LogP contribution in [0.25, 0.3) is 11.0 Å². The first-order chi connectivity index (χ1) is 13.4. The van der Waals surface area contributed by atoms with E-state index in [2.05, 4.69) is 29.9 Å². The number of hydrogen-bond acceptors (Lipinski definition) is 8. The molecule has 12 heteroatoms. The molecule has 3 aromatic rings. The van der Waals surface area contributed by atoms with Gasteiger partial charge in [-0.25, -0.2) is 15.0 Å². The van der Waals surface area contributed by atoms with Gasteiger partial charge >= 0.3 is 6.18 Å². The Balaban J connectivity index is 1.56. The number of aromatic nitrogens is 6. The molecule has 28 heavy (non-hydrogen) atoms. The van der Waals surface area contributed by atoms with Gasteiger partial charge in [-0.15, -0.1) is 0 Å². The van der Waals surface area contributed by atoms with Gasteiger partial charge in [-0.05, 0) is 0 Å². The summed E-state index contributed by atoms with van der Waals surface area (Å²) in [4.78, 5) is 19.5. The molecule has 1 aliphatic rings. The second kappa shape index (κ2) is 6.77. The van der Waals surface area contributed by atoms with Crippen LogP contribution >= 0.6 is 0 Å². The maximum absolute atomic E-state index is 13.1. The summed E-state index contributed by atoms with van der Waals surface area (Å²) in [6.45, 7) is 2.08. The summed E-state index contributed by atoms with van der Waals surface area (Å²) in [6.07, 6.45) is -1.45. The zero-order chi connectivity index (χ0) is 19.9. The van der Waals surface area contributed by atoms with E-state index in [0.717, 1.165) is 16.9 Å². The lowest BCUT2D eigenvalue weighted by atomic mass is 10.2. The average Bonchev–Trinajstić information content (AvgIpc) is 3.08. The van der Waals surface area contributed by atoms with Gasteiger partial charge in [0, 0.05) is 39.3 Å². The van der Waals surface area contributed by atoms with Crippen molar-refractivity contribution >= 4 is 22.7 Å². The first-order valence-corrected chi connectivity index (χ1v) is 8.49. The Labute approximate surface area is 157 Å². The molecule has 3 aromatic heterocycles. The molecule has 0 saturated carbocycles. The van der Waals surface area contributed by atoms with E-state index in [0.29, 0.717) is 26.2 Å². The van der Waals surface area contributed by atoms with Crippen LogP contribution in [0.4, 0.5) is 24.8 Å². The van der Waals surface area contributed by atoms with Crippen molar-refractivity contribution in [2.75, 3.05) is 43.1 Å². The Morgan fingerprint density at radius 3 is 2.43 bits per heavy atom. The minimum Gasteiger partial charge on any atom is -0.481 e. The first kappa shape index (κ1) is 18.2. The number of aryl methyl sites for hydroxylation is 1. The Bertz CT molecular complexity index is 997. The molecule has 9 nitrogen and oxygen atoms in total. The van der Waals surface area contributed by atoms with E-state index in [1.54, 1.807) is 22.8 Å². The maximum Gasteiger partial charge on any atom is 0.451 e. The molecule has 0 radical (unpaired) electrons. The van der Waals surface area contributed by atoms with E-state index in [-0.39, 0.29) is 11.7 Å². The summed E-state index contributed by atoms with van der Waals surface area (Å²) in [6, 6.07) is 1.41. The topological polar surface area (TPSA) is 85.1 Å². The fourth-order valence-electron chi connectivity index (χ4n) is 3.16. The van der Waals surface area contributed by atoms with Crippen molar-refractivity contribution in [3.63, 3.8) is 0 Å². The van der Waals surface area contributed by atoms with Crippen LogP contribution in [-0.4, -0.2) is 63.0 Å².